The molecule has 2 rings (SSSR count). The van der Waals surface area contributed by atoms with E-state index in [2.05, 4.69) is 10.1 Å². The van der Waals surface area contributed by atoms with E-state index >= 15 is 0 Å². The molecule has 1 heterocycles. The summed E-state index contributed by atoms with van der Waals surface area (Å²) in [6.45, 7) is 2.01. The fraction of sp³-hybridized carbons (Fsp3) is 0.778. The van der Waals surface area contributed by atoms with E-state index in [4.69, 9.17) is 9.26 Å². The fourth-order valence-corrected chi connectivity index (χ4v) is 1.59. The van der Waals surface area contributed by atoms with Crippen LogP contribution < -0.4 is 0 Å². The second kappa shape index (κ2) is 3.10. The molecule has 0 spiro atoms. The molecule has 1 aliphatic rings. The molecular weight excluding hydrogens is 168 g/mol. The highest BCUT2D eigenvalue weighted by Crippen LogP contribution is 2.43. The molecule has 0 aromatic carbocycles. The van der Waals surface area contributed by atoms with Gasteiger partial charge in [-0.3, -0.25) is 0 Å². The molecular formula is C9H14N2O2. The summed E-state index contributed by atoms with van der Waals surface area (Å²) in [7, 11) is 1.70. The molecule has 72 valence electrons. The maximum atomic E-state index is 5.42. The predicted octanol–water partition coefficient (Wildman–Crippen LogP) is 1.66. The first kappa shape index (κ1) is 8.69. The molecule has 0 saturated heterocycles. The van der Waals surface area contributed by atoms with Gasteiger partial charge in [0.15, 0.2) is 5.82 Å². The molecule has 0 N–H and O–H groups in total. The molecule has 1 aliphatic carbocycles. The summed E-state index contributed by atoms with van der Waals surface area (Å²) in [5.41, 5.74) is -0.263. The Morgan fingerprint density at radius 3 is 2.69 bits per heavy atom. The smallest absolute Gasteiger partial charge is 0.258 e. The standard InChI is InChI=1S/C9H14N2O2/c1-3-7-10-8(13-11-7)9(12-2)5-4-6-9/h3-6H2,1-2H3. The summed E-state index contributed by atoms with van der Waals surface area (Å²) >= 11 is 0. The molecule has 0 aliphatic heterocycles. The summed E-state index contributed by atoms with van der Waals surface area (Å²) in [5, 5.41) is 3.86. The lowest BCUT2D eigenvalue weighted by atomic mass is 9.80. The van der Waals surface area contributed by atoms with Gasteiger partial charge in [0, 0.05) is 13.5 Å². The minimum atomic E-state index is -0.263. The van der Waals surface area contributed by atoms with Crippen molar-refractivity contribution in [3.05, 3.63) is 11.7 Å². The lowest BCUT2D eigenvalue weighted by molar-refractivity contribution is -0.0992. The van der Waals surface area contributed by atoms with Gasteiger partial charge in [-0.15, -0.1) is 0 Å². The Labute approximate surface area is 77.3 Å². The summed E-state index contributed by atoms with van der Waals surface area (Å²) in [6.07, 6.45) is 3.98. The normalized spacial score (nSPS) is 19.8. The van der Waals surface area contributed by atoms with Crippen LogP contribution in [-0.2, 0) is 16.8 Å². The van der Waals surface area contributed by atoms with Gasteiger partial charge in [-0.25, -0.2) is 0 Å². The molecule has 0 radical (unpaired) electrons. The first-order valence-electron chi connectivity index (χ1n) is 4.69. The highest BCUT2D eigenvalue weighted by Gasteiger charge is 2.44. The van der Waals surface area contributed by atoms with Crippen molar-refractivity contribution >= 4 is 0 Å². The summed E-state index contributed by atoms with van der Waals surface area (Å²) in [5.74, 6) is 1.41. The first-order valence-corrected chi connectivity index (χ1v) is 4.69. The van der Waals surface area contributed by atoms with Crippen LogP contribution in [0.3, 0.4) is 0 Å². The van der Waals surface area contributed by atoms with Crippen LogP contribution in [0.15, 0.2) is 4.52 Å². The number of ether oxygens (including phenoxy) is 1. The van der Waals surface area contributed by atoms with Crippen molar-refractivity contribution in [1.29, 1.82) is 0 Å². The Bertz CT molecular complexity index is 286. The Morgan fingerprint density at radius 2 is 2.31 bits per heavy atom. The van der Waals surface area contributed by atoms with Gasteiger partial charge < -0.3 is 9.26 Å². The number of rotatable bonds is 3. The van der Waals surface area contributed by atoms with Crippen molar-refractivity contribution in [2.45, 2.75) is 38.2 Å². The number of aromatic nitrogens is 2. The number of hydrogen-bond donors (Lipinski definition) is 0. The third-order valence-corrected chi connectivity index (χ3v) is 2.73. The quantitative estimate of drug-likeness (QED) is 0.713. The molecule has 0 bridgehead atoms. The summed E-state index contributed by atoms with van der Waals surface area (Å²) in [4.78, 5) is 4.29. The van der Waals surface area contributed by atoms with E-state index in [0.29, 0.717) is 5.89 Å². The van der Waals surface area contributed by atoms with Crippen molar-refractivity contribution in [2.24, 2.45) is 0 Å². The minimum Gasteiger partial charge on any atom is -0.368 e. The molecule has 1 saturated carbocycles. The van der Waals surface area contributed by atoms with E-state index in [9.17, 15) is 0 Å². The zero-order valence-electron chi connectivity index (χ0n) is 8.04. The van der Waals surface area contributed by atoms with Gasteiger partial charge in [-0.2, -0.15) is 4.98 Å². The molecule has 1 aromatic rings. The Hall–Kier alpha value is -0.900. The number of nitrogens with zero attached hydrogens (tertiary/aromatic N) is 2. The van der Waals surface area contributed by atoms with Gasteiger partial charge in [0.25, 0.3) is 5.89 Å². The number of hydrogen-bond acceptors (Lipinski definition) is 4. The molecule has 13 heavy (non-hydrogen) atoms. The Balaban J connectivity index is 2.23. The monoisotopic (exact) mass is 182 g/mol. The molecule has 1 aromatic heterocycles. The van der Waals surface area contributed by atoms with Crippen LogP contribution in [0, 0.1) is 0 Å². The van der Waals surface area contributed by atoms with Crippen molar-refractivity contribution in [3.63, 3.8) is 0 Å². The number of aryl methyl sites for hydroxylation is 1. The van der Waals surface area contributed by atoms with Gasteiger partial charge in [0.2, 0.25) is 0 Å². The average Bonchev–Trinajstić information content (AvgIpc) is 2.52. The van der Waals surface area contributed by atoms with Crippen LogP contribution in [0.25, 0.3) is 0 Å². The molecule has 1 fully saturated rings. The van der Waals surface area contributed by atoms with Gasteiger partial charge in [0.05, 0.1) is 0 Å². The van der Waals surface area contributed by atoms with Crippen LogP contribution in [0.1, 0.15) is 37.9 Å². The van der Waals surface area contributed by atoms with Crippen molar-refractivity contribution in [3.8, 4) is 0 Å². The maximum Gasteiger partial charge on any atom is 0.258 e. The lowest BCUT2D eigenvalue weighted by Gasteiger charge is -2.36. The fourth-order valence-electron chi connectivity index (χ4n) is 1.59. The highest BCUT2D eigenvalue weighted by atomic mass is 16.5. The zero-order valence-corrected chi connectivity index (χ0v) is 8.04. The van der Waals surface area contributed by atoms with Gasteiger partial charge in [0.1, 0.15) is 5.60 Å². The third-order valence-electron chi connectivity index (χ3n) is 2.73. The summed E-state index contributed by atoms with van der Waals surface area (Å²) in [6, 6.07) is 0. The third kappa shape index (κ3) is 1.25. The van der Waals surface area contributed by atoms with Crippen LogP contribution >= 0.6 is 0 Å². The minimum absolute atomic E-state index is 0.263. The van der Waals surface area contributed by atoms with Crippen molar-refractivity contribution < 1.29 is 9.26 Å². The second-order valence-electron chi connectivity index (χ2n) is 3.42. The highest BCUT2D eigenvalue weighted by molar-refractivity contribution is 5.04. The van der Waals surface area contributed by atoms with E-state index in [1.807, 2.05) is 6.92 Å². The van der Waals surface area contributed by atoms with Gasteiger partial charge >= 0.3 is 0 Å². The van der Waals surface area contributed by atoms with Gasteiger partial charge in [-0.1, -0.05) is 12.1 Å². The topological polar surface area (TPSA) is 48.2 Å². The van der Waals surface area contributed by atoms with E-state index in [-0.39, 0.29) is 5.60 Å². The van der Waals surface area contributed by atoms with Crippen LogP contribution in [0.4, 0.5) is 0 Å². The largest absolute Gasteiger partial charge is 0.368 e. The first-order chi connectivity index (χ1) is 6.30. The van der Waals surface area contributed by atoms with Crippen LogP contribution in [-0.4, -0.2) is 17.3 Å². The van der Waals surface area contributed by atoms with E-state index < -0.39 is 0 Å². The predicted molar refractivity (Wildman–Crippen MR) is 46.2 cm³/mol. The van der Waals surface area contributed by atoms with Crippen molar-refractivity contribution in [2.75, 3.05) is 7.11 Å². The van der Waals surface area contributed by atoms with E-state index in [1.165, 1.54) is 6.42 Å². The van der Waals surface area contributed by atoms with Crippen molar-refractivity contribution in [1.82, 2.24) is 10.1 Å². The number of methoxy groups -OCH3 is 1. The lowest BCUT2D eigenvalue weighted by Crippen LogP contribution is -2.36. The SMILES string of the molecule is CCc1noc(C2(OC)CCC2)n1. The van der Waals surface area contributed by atoms with E-state index in [0.717, 1.165) is 25.1 Å². The van der Waals surface area contributed by atoms with E-state index in [1.54, 1.807) is 7.11 Å². The molecule has 0 amide bonds. The molecule has 0 unspecified atom stereocenters. The Morgan fingerprint density at radius 1 is 1.54 bits per heavy atom. The van der Waals surface area contributed by atoms with Gasteiger partial charge in [-0.05, 0) is 19.3 Å². The zero-order chi connectivity index (χ0) is 9.31. The summed E-state index contributed by atoms with van der Waals surface area (Å²) < 4.78 is 10.6. The molecule has 0 atom stereocenters. The van der Waals surface area contributed by atoms with Crippen LogP contribution in [0.5, 0.6) is 0 Å². The maximum absolute atomic E-state index is 5.42. The van der Waals surface area contributed by atoms with Crippen LogP contribution in [0.2, 0.25) is 0 Å². The molecule has 4 nitrogen and oxygen atoms in total. The second-order valence-corrected chi connectivity index (χ2v) is 3.42. The Kier molecular flexibility index (Phi) is 2.07. The molecule has 4 heteroatoms. The average molecular weight is 182 g/mol.